The molecule has 584 valence electrons. The number of aliphatic hydroxyl groups excluding tert-OH is 12. The lowest BCUT2D eigenvalue weighted by molar-refractivity contribution is -0.279. The highest BCUT2D eigenvalue weighted by Crippen LogP contribution is 2.47. The van der Waals surface area contributed by atoms with Gasteiger partial charge in [-0.25, -0.2) is 14.4 Å². The lowest BCUT2D eigenvalue weighted by Crippen LogP contribution is -2.60. The Morgan fingerprint density at radius 2 is 0.673 bits per heavy atom. The molecule has 0 spiro atoms. The van der Waals surface area contributed by atoms with Crippen LogP contribution < -0.4 is 24.4 Å². The van der Waals surface area contributed by atoms with Crippen molar-refractivity contribution in [2.75, 3.05) is 26.4 Å². The number of carbonyl (C=O) groups excluding carboxylic acids is 4. The van der Waals surface area contributed by atoms with Gasteiger partial charge in [-0.05, 0) is 113 Å². The highest BCUT2D eigenvalue weighted by molar-refractivity contribution is 5.89. The van der Waals surface area contributed by atoms with Crippen molar-refractivity contribution in [3.63, 3.8) is 0 Å². The van der Waals surface area contributed by atoms with Crippen LogP contribution in [-0.4, -0.2) is 265 Å². The van der Waals surface area contributed by atoms with Crippen LogP contribution in [0.3, 0.4) is 0 Å². The highest BCUT2D eigenvalue weighted by atomic mass is 16.7. The molecule has 0 aromatic heterocycles. The van der Waals surface area contributed by atoms with E-state index in [1.54, 1.807) is 0 Å². The molecule has 5 aromatic carbocycles. The van der Waals surface area contributed by atoms with Gasteiger partial charge >= 0.3 is 23.9 Å². The third kappa shape index (κ3) is 19.7. The zero-order chi connectivity index (χ0) is 78.8. The number of fused-ring (bicyclic) bond motifs is 1. The van der Waals surface area contributed by atoms with Crippen molar-refractivity contribution < 1.29 is 167 Å². The van der Waals surface area contributed by atoms with Gasteiger partial charge < -0.3 is 153 Å². The maximum absolute atomic E-state index is 14.5. The quantitative estimate of drug-likeness (QED) is 0.0151. The minimum Gasteiger partial charge on any atom is -0.508 e. The van der Waals surface area contributed by atoms with Crippen LogP contribution in [0.1, 0.15) is 22.3 Å². The maximum atomic E-state index is 14.5. The molecule has 0 unspecified atom stereocenters. The summed E-state index contributed by atoms with van der Waals surface area (Å²) in [5, 5.41) is 186. The first-order valence-corrected chi connectivity index (χ1v) is 33.6. The second-order valence-electron chi connectivity index (χ2n) is 25.4. The van der Waals surface area contributed by atoms with Crippen LogP contribution in [0.5, 0.6) is 51.7 Å². The van der Waals surface area contributed by atoms with Gasteiger partial charge in [0.25, 0.3) is 0 Å². The van der Waals surface area contributed by atoms with E-state index in [-0.39, 0.29) is 23.0 Å². The van der Waals surface area contributed by atoms with Crippen LogP contribution >= 0.6 is 0 Å². The molecule has 6 aliphatic rings. The molecule has 11 rings (SSSR count). The Hall–Kier alpha value is -11.1. The number of hydrogen-bond acceptors (Lipinski definition) is 34. The third-order valence-electron chi connectivity index (χ3n) is 17.5. The van der Waals surface area contributed by atoms with Crippen LogP contribution in [0.2, 0.25) is 0 Å². The van der Waals surface area contributed by atoms with Crippen molar-refractivity contribution in [1.29, 1.82) is 0 Å². The summed E-state index contributed by atoms with van der Waals surface area (Å²) in [7, 11) is 0. The molecule has 20 atom stereocenters. The second-order valence-corrected chi connectivity index (χ2v) is 25.4. The van der Waals surface area contributed by atoms with Gasteiger partial charge in [0.05, 0.1) is 11.6 Å². The summed E-state index contributed by atoms with van der Waals surface area (Å²) in [4.78, 5) is 63.9. The number of hydrogen-bond donors (Lipinski definition) is 17. The number of esters is 4. The number of phenols is 5. The number of carbonyl (C=O) groups is 3. The molecule has 0 saturated carbocycles. The number of aliphatic hydroxyl groups is 12. The van der Waals surface area contributed by atoms with Crippen molar-refractivity contribution in [3.8, 4) is 74.4 Å². The Kier molecular flexibility index (Phi) is 25.8. The van der Waals surface area contributed by atoms with Gasteiger partial charge in [0, 0.05) is 35.9 Å². The zero-order valence-electron chi connectivity index (χ0n) is 57.1. The zero-order valence-corrected chi connectivity index (χ0v) is 57.1. The number of benzene rings is 6. The largest absolute Gasteiger partial charge is 0.510 e. The van der Waals surface area contributed by atoms with Crippen LogP contribution in [0.15, 0.2) is 161 Å². The predicted octanol–water partition coefficient (Wildman–Crippen LogP) is -0.313. The SMILES string of the molecule is O=C(C=Cc1ccc(O)cc1)OC[C@H]1O[C@@H](Oc2cc(-c3oc4cc(O[C@@H]5O[C@H](COC(=[OH+])C=Cc6ccc(O)cc6)[C@@H](O)[C@H](O)[C@H]5O)cc(=O)c-4cc3O[C@@H]3O[C@H](COC(=O)C=Cc4ccc(O)cc4)[C@@H](O)[C@@H](O)[C@H]3O)cc(O[C@@H]3O[C@H](COC(=O)C=Cc4ccc(O)cc4)[C@@H](O)[C@@H](O)[C@H]3O)c2O)[C@@H](O)[C@H](O)[C@@H]1O. The lowest BCUT2D eigenvalue weighted by atomic mass is 9.99. The summed E-state index contributed by atoms with van der Waals surface area (Å²) in [5.74, 6) is -9.29. The van der Waals surface area contributed by atoms with Crippen LogP contribution in [0.4, 0.5) is 0 Å². The summed E-state index contributed by atoms with van der Waals surface area (Å²) >= 11 is 0. The first-order chi connectivity index (χ1) is 52.5. The number of ether oxygens (including phenoxy) is 12. The molecule has 110 heavy (non-hydrogen) atoms. The smallest absolute Gasteiger partial charge is 0.508 e. The molecule has 18 N–H and O–H groups in total. The van der Waals surface area contributed by atoms with Gasteiger partial charge in [0.15, 0.2) is 34.5 Å². The summed E-state index contributed by atoms with van der Waals surface area (Å²) < 4.78 is 75.4. The normalized spacial score (nSPS) is 28.4. The van der Waals surface area contributed by atoms with Crippen molar-refractivity contribution in [2.24, 2.45) is 0 Å². The Balaban J connectivity index is 0.958. The van der Waals surface area contributed by atoms with Gasteiger partial charge in [-0.3, -0.25) is 4.79 Å². The van der Waals surface area contributed by atoms with E-state index < -0.39 is 230 Å². The van der Waals surface area contributed by atoms with E-state index in [9.17, 15) is 111 Å². The molecule has 5 aromatic rings. The van der Waals surface area contributed by atoms with Crippen LogP contribution in [-0.2, 0) is 52.3 Å². The Labute approximate surface area is 621 Å². The van der Waals surface area contributed by atoms with Crippen LogP contribution in [0.25, 0.3) is 47.0 Å². The van der Waals surface area contributed by atoms with E-state index in [1.807, 2.05) is 0 Å². The molecule has 5 aliphatic heterocycles. The Bertz CT molecular complexity index is 4360. The molecular formula is C75H75O35+. The summed E-state index contributed by atoms with van der Waals surface area (Å²) in [6.45, 7) is -3.22. The molecule has 4 saturated heterocycles. The first-order valence-electron chi connectivity index (χ1n) is 33.6. The van der Waals surface area contributed by atoms with Crippen molar-refractivity contribution >= 4 is 48.2 Å². The minimum absolute atomic E-state index is 0.0234. The van der Waals surface area contributed by atoms with Gasteiger partial charge in [0.2, 0.25) is 37.5 Å². The molecule has 0 amide bonds. The van der Waals surface area contributed by atoms with Gasteiger partial charge in [-0.2, -0.15) is 0 Å². The van der Waals surface area contributed by atoms with Crippen molar-refractivity contribution in [3.05, 3.63) is 184 Å². The van der Waals surface area contributed by atoms with Crippen molar-refractivity contribution in [1.82, 2.24) is 0 Å². The molecule has 4 fully saturated rings. The summed E-state index contributed by atoms with van der Waals surface area (Å²) in [6, 6.07) is 27.3. The second kappa shape index (κ2) is 35.5. The van der Waals surface area contributed by atoms with Gasteiger partial charge in [-0.15, -0.1) is 0 Å². The number of phenolic OH excluding ortho intramolecular Hbond substituents is 5. The monoisotopic (exact) mass is 1540 g/mol. The Morgan fingerprint density at radius 1 is 0.364 bits per heavy atom. The van der Waals surface area contributed by atoms with Crippen LogP contribution in [0, 0.1) is 0 Å². The highest BCUT2D eigenvalue weighted by Gasteiger charge is 2.51. The molecule has 0 bridgehead atoms. The van der Waals surface area contributed by atoms with Gasteiger partial charge in [-0.1, -0.05) is 48.5 Å². The topological polar surface area (TPSA) is 557 Å². The lowest BCUT2D eigenvalue weighted by Gasteiger charge is -2.40. The molecule has 35 heteroatoms. The van der Waals surface area contributed by atoms with E-state index in [4.69, 9.17) is 61.3 Å². The fraction of sp³-hybridized carbons (Fsp3) is 0.320. The predicted molar refractivity (Wildman–Crippen MR) is 372 cm³/mol. The average Bonchev–Trinajstić information content (AvgIpc) is 0.759. The van der Waals surface area contributed by atoms with E-state index in [1.165, 1.54) is 121 Å². The fourth-order valence-corrected chi connectivity index (χ4v) is 11.4. The Morgan fingerprint density at radius 3 is 1.02 bits per heavy atom. The van der Waals surface area contributed by atoms with Gasteiger partial charge in [0.1, 0.15) is 146 Å². The van der Waals surface area contributed by atoms with Crippen molar-refractivity contribution in [2.45, 2.75) is 123 Å². The minimum atomic E-state index is -2.27. The summed E-state index contributed by atoms with van der Waals surface area (Å²) in [6.07, 6.45) is -31.3. The molecule has 1 aliphatic carbocycles. The molecular weight excluding hydrogens is 1460 g/mol. The van der Waals surface area contributed by atoms with E-state index >= 15 is 0 Å². The number of rotatable bonds is 25. The average molecular weight is 1540 g/mol. The van der Waals surface area contributed by atoms with E-state index in [0.717, 1.165) is 54.6 Å². The van der Waals surface area contributed by atoms with E-state index in [0.29, 0.717) is 22.3 Å². The maximum Gasteiger partial charge on any atom is 0.510 e. The molecule has 5 heterocycles. The number of aromatic hydroxyl groups is 5. The van der Waals surface area contributed by atoms with E-state index in [2.05, 4.69) is 0 Å². The third-order valence-corrected chi connectivity index (χ3v) is 17.5. The standard InChI is InChI=1S/C75H74O35/c76-39-13-1-34(2-14-39)9-21-54(81)98-30-50-59(86)63(90)67(94)72(107-50)102-43-27-45(80)44-29-49(106-75-70(97)66(93)62(89)53(110-75)33-101-57(84)24-12-37-7-19-42(79)20-8-37)71(103-46(44)28-43)38-25-47(104-73-68(95)64(91)60(87)51(108-73)31-99-55(82)22-10-35-3-15-40(77)16-4-35)58(85)48(26-38)105-74-69(96)65(92)61(88)52(109-74)32-100-56(83)23-11-36-5-17-41(78)18-6-36/h1-29,50-53,59-70,72-79,85-97H,30-33H2/p+1/t50-,51-,52-,53-,59-,60-,61-,62-,63+,64-,65-,66-,67-,68-,69+,70-,72-,73-,74-,75-/m1/s1. The fourth-order valence-electron chi connectivity index (χ4n) is 11.4. The molecule has 35 nitrogen and oxygen atoms in total. The first kappa shape index (κ1) is 80.0. The summed E-state index contributed by atoms with van der Waals surface area (Å²) in [5.41, 5.74) is -0.0716. The molecule has 0 radical (unpaired) electrons.